The van der Waals surface area contributed by atoms with Gasteiger partial charge in [-0.05, 0) is 18.6 Å². The molecule has 1 aromatic carbocycles. The van der Waals surface area contributed by atoms with Crippen LogP contribution in [0.5, 0.6) is 0 Å². The summed E-state index contributed by atoms with van der Waals surface area (Å²) in [6.07, 6.45) is 2.56. The number of hydrogen-bond donors (Lipinski definition) is 1. The Morgan fingerprint density at radius 2 is 2.00 bits per heavy atom. The minimum Gasteiger partial charge on any atom is -0.385 e. The fourth-order valence-corrected chi connectivity index (χ4v) is 1.85. The molecule has 1 heterocycles. The summed E-state index contributed by atoms with van der Waals surface area (Å²) in [5.74, 6) is 0. The minimum absolute atomic E-state index is 0.0593. The Morgan fingerprint density at radius 3 is 2.65 bits per heavy atom. The molecule has 0 aliphatic heterocycles. The molecule has 0 aliphatic rings. The summed E-state index contributed by atoms with van der Waals surface area (Å²) in [6.45, 7) is 1.43. The molecule has 0 saturated carbocycles. The van der Waals surface area contributed by atoms with Gasteiger partial charge >= 0.3 is 0 Å². The summed E-state index contributed by atoms with van der Waals surface area (Å²) in [5, 5.41) is 7.49. The van der Waals surface area contributed by atoms with E-state index in [1.54, 1.807) is 12.3 Å². The predicted octanol–water partition coefficient (Wildman–Crippen LogP) is 1.81. The molecule has 0 fully saturated rings. The van der Waals surface area contributed by atoms with Crippen molar-refractivity contribution in [3.63, 3.8) is 0 Å². The Labute approximate surface area is 118 Å². The highest BCUT2D eigenvalue weighted by atomic mass is 16.1. The predicted molar refractivity (Wildman–Crippen MR) is 82.4 cm³/mol. The molecule has 5 nitrogen and oxygen atoms in total. The van der Waals surface area contributed by atoms with Gasteiger partial charge in [0.1, 0.15) is 0 Å². The van der Waals surface area contributed by atoms with E-state index in [0.717, 1.165) is 24.3 Å². The van der Waals surface area contributed by atoms with Crippen LogP contribution in [0.15, 0.2) is 47.4 Å². The van der Waals surface area contributed by atoms with Gasteiger partial charge < -0.3 is 10.2 Å². The van der Waals surface area contributed by atoms with Gasteiger partial charge in [0.05, 0.1) is 11.9 Å². The summed E-state index contributed by atoms with van der Waals surface area (Å²) in [4.78, 5) is 13.7. The van der Waals surface area contributed by atoms with Crippen LogP contribution in [0, 0.1) is 0 Å². The number of rotatable bonds is 6. The van der Waals surface area contributed by atoms with Crippen molar-refractivity contribution < 1.29 is 0 Å². The zero-order valence-corrected chi connectivity index (χ0v) is 11.9. The highest BCUT2D eigenvalue weighted by molar-refractivity contribution is 5.42. The topological polar surface area (TPSA) is 50.2 Å². The molecule has 1 N–H and O–H groups in total. The molecular weight excluding hydrogens is 252 g/mol. The first-order valence-electron chi connectivity index (χ1n) is 6.70. The van der Waals surface area contributed by atoms with Crippen LogP contribution >= 0.6 is 0 Å². The van der Waals surface area contributed by atoms with Gasteiger partial charge in [0.15, 0.2) is 0 Å². The van der Waals surface area contributed by atoms with Crippen molar-refractivity contribution in [3.8, 4) is 0 Å². The third-order valence-corrected chi connectivity index (χ3v) is 3.02. The summed E-state index contributed by atoms with van der Waals surface area (Å²) in [6, 6.07) is 11.6. The highest BCUT2D eigenvalue weighted by Gasteiger charge is 2.01. The number of hydrogen-bond acceptors (Lipinski definition) is 4. The molecule has 0 saturated heterocycles. The lowest BCUT2D eigenvalue weighted by Crippen LogP contribution is -2.25. The first kappa shape index (κ1) is 14.1. The number of nitrogens with zero attached hydrogens (tertiary/aromatic N) is 3. The van der Waals surface area contributed by atoms with Crippen LogP contribution in [0.1, 0.15) is 6.42 Å². The van der Waals surface area contributed by atoms with E-state index in [0.29, 0.717) is 6.54 Å². The van der Waals surface area contributed by atoms with Gasteiger partial charge in [0, 0.05) is 38.9 Å². The van der Waals surface area contributed by atoms with Crippen LogP contribution in [-0.4, -0.2) is 30.4 Å². The first-order chi connectivity index (χ1) is 9.66. The fourth-order valence-electron chi connectivity index (χ4n) is 1.85. The van der Waals surface area contributed by atoms with E-state index in [9.17, 15) is 4.79 Å². The van der Waals surface area contributed by atoms with Crippen molar-refractivity contribution in [1.82, 2.24) is 9.78 Å². The SMILES string of the molecule is CN(C)c1cnn(CCCNc2ccccc2)c(=O)c1. The van der Waals surface area contributed by atoms with Gasteiger partial charge in [-0.3, -0.25) is 4.79 Å². The lowest BCUT2D eigenvalue weighted by Gasteiger charge is -2.12. The van der Waals surface area contributed by atoms with Crippen LogP contribution in [0.4, 0.5) is 11.4 Å². The van der Waals surface area contributed by atoms with Gasteiger partial charge in [-0.15, -0.1) is 0 Å². The average Bonchev–Trinajstić information content (AvgIpc) is 2.46. The Kier molecular flexibility index (Phi) is 4.76. The average molecular weight is 272 g/mol. The number of nitrogens with one attached hydrogen (secondary N) is 1. The fraction of sp³-hybridized carbons (Fsp3) is 0.333. The second kappa shape index (κ2) is 6.75. The Balaban J connectivity index is 1.84. The Morgan fingerprint density at radius 1 is 1.25 bits per heavy atom. The van der Waals surface area contributed by atoms with Gasteiger partial charge in [0.2, 0.25) is 0 Å². The third kappa shape index (κ3) is 3.85. The lowest BCUT2D eigenvalue weighted by atomic mass is 10.3. The quantitative estimate of drug-likeness (QED) is 0.815. The summed E-state index contributed by atoms with van der Waals surface area (Å²) < 4.78 is 1.50. The maximum atomic E-state index is 11.9. The van der Waals surface area contributed by atoms with E-state index < -0.39 is 0 Å². The number of anilines is 2. The molecule has 0 bridgehead atoms. The molecular formula is C15H20N4O. The van der Waals surface area contributed by atoms with Crippen LogP contribution in [-0.2, 0) is 6.54 Å². The molecule has 2 rings (SSSR count). The van der Waals surface area contributed by atoms with E-state index in [2.05, 4.69) is 10.4 Å². The van der Waals surface area contributed by atoms with Crippen LogP contribution in [0.2, 0.25) is 0 Å². The van der Waals surface area contributed by atoms with E-state index >= 15 is 0 Å². The van der Waals surface area contributed by atoms with E-state index in [-0.39, 0.29) is 5.56 Å². The third-order valence-electron chi connectivity index (χ3n) is 3.02. The normalized spacial score (nSPS) is 10.3. The smallest absolute Gasteiger partial charge is 0.268 e. The maximum Gasteiger partial charge on any atom is 0.268 e. The second-order valence-corrected chi connectivity index (χ2v) is 4.82. The van der Waals surface area contributed by atoms with Crippen molar-refractivity contribution >= 4 is 11.4 Å². The molecule has 20 heavy (non-hydrogen) atoms. The lowest BCUT2D eigenvalue weighted by molar-refractivity contribution is 0.559. The maximum absolute atomic E-state index is 11.9. The number of para-hydroxylation sites is 1. The molecule has 0 unspecified atom stereocenters. The minimum atomic E-state index is -0.0593. The summed E-state index contributed by atoms with van der Waals surface area (Å²) in [7, 11) is 3.79. The van der Waals surface area contributed by atoms with Gasteiger partial charge in [-0.25, -0.2) is 4.68 Å². The van der Waals surface area contributed by atoms with Gasteiger partial charge in [-0.1, -0.05) is 18.2 Å². The largest absolute Gasteiger partial charge is 0.385 e. The monoisotopic (exact) mass is 272 g/mol. The van der Waals surface area contributed by atoms with E-state index in [1.807, 2.05) is 49.3 Å². The molecule has 5 heteroatoms. The number of benzene rings is 1. The Bertz CT molecular complexity index is 592. The molecule has 0 atom stereocenters. The van der Waals surface area contributed by atoms with Crippen LogP contribution < -0.4 is 15.8 Å². The number of aromatic nitrogens is 2. The molecule has 0 radical (unpaired) electrons. The molecule has 0 aliphatic carbocycles. The highest BCUT2D eigenvalue weighted by Crippen LogP contribution is 2.05. The van der Waals surface area contributed by atoms with Crippen molar-refractivity contribution in [2.75, 3.05) is 30.9 Å². The zero-order chi connectivity index (χ0) is 14.4. The second-order valence-electron chi connectivity index (χ2n) is 4.82. The molecule has 0 spiro atoms. The van der Waals surface area contributed by atoms with Crippen molar-refractivity contribution in [3.05, 3.63) is 52.9 Å². The van der Waals surface area contributed by atoms with Crippen LogP contribution in [0.25, 0.3) is 0 Å². The van der Waals surface area contributed by atoms with E-state index in [4.69, 9.17) is 0 Å². The van der Waals surface area contributed by atoms with Gasteiger partial charge in [0.25, 0.3) is 5.56 Å². The van der Waals surface area contributed by atoms with Crippen molar-refractivity contribution in [1.29, 1.82) is 0 Å². The molecule has 0 amide bonds. The van der Waals surface area contributed by atoms with Gasteiger partial charge in [-0.2, -0.15) is 5.10 Å². The standard InChI is InChI=1S/C15H20N4O/c1-18(2)14-11-15(20)19(17-12-14)10-6-9-16-13-7-4-3-5-8-13/h3-5,7-8,11-12,16H,6,9-10H2,1-2H3. The summed E-state index contributed by atoms with van der Waals surface area (Å²) in [5.41, 5.74) is 1.86. The summed E-state index contributed by atoms with van der Waals surface area (Å²) >= 11 is 0. The zero-order valence-electron chi connectivity index (χ0n) is 11.9. The first-order valence-corrected chi connectivity index (χ1v) is 6.70. The van der Waals surface area contributed by atoms with E-state index in [1.165, 1.54) is 4.68 Å². The Hall–Kier alpha value is -2.30. The molecule has 106 valence electrons. The molecule has 2 aromatic rings. The van der Waals surface area contributed by atoms with Crippen LogP contribution in [0.3, 0.4) is 0 Å². The molecule has 1 aromatic heterocycles. The van der Waals surface area contributed by atoms with Crippen molar-refractivity contribution in [2.24, 2.45) is 0 Å². The van der Waals surface area contributed by atoms with Crippen molar-refractivity contribution in [2.45, 2.75) is 13.0 Å². The number of aryl methyl sites for hydroxylation is 1.